The molecule has 0 amide bonds. The van der Waals surface area contributed by atoms with Crippen molar-refractivity contribution in [3.05, 3.63) is 58.3 Å². The maximum absolute atomic E-state index is 12.8. The number of nitrogens with two attached hydrogens (primary N) is 2. The predicted molar refractivity (Wildman–Crippen MR) is 77.6 cm³/mol. The average Bonchev–Trinajstić information content (AvgIpc) is 2.47. The fourth-order valence-corrected chi connectivity index (χ4v) is 2.96. The van der Waals surface area contributed by atoms with Gasteiger partial charge in [0.1, 0.15) is 0 Å². The molecule has 3 rings (SSSR count). The van der Waals surface area contributed by atoms with Gasteiger partial charge in [-0.25, -0.2) is 0 Å². The molecule has 0 bridgehead atoms. The summed E-state index contributed by atoms with van der Waals surface area (Å²) in [5, 5.41) is 10.0. The Balaban J connectivity index is 2.32. The van der Waals surface area contributed by atoms with E-state index in [4.69, 9.17) is 11.5 Å². The lowest BCUT2D eigenvalue weighted by Crippen LogP contribution is -2.56. The third kappa shape index (κ3) is 1.71. The number of fused-ring (bicyclic) bond motifs is 1. The summed E-state index contributed by atoms with van der Waals surface area (Å²) < 4.78 is 0. The first kappa shape index (κ1) is 13.7. The van der Waals surface area contributed by atoms with E-state index in [0.29, 0.717) is 11.1 Å². The Hall–Kier alpha value is -2.24. The molecule has 0 aromatic heterocycles. The largest absolute Gasteiger partial charge is 0.398 e. The number of aliphatic hydroxyl groups excluding tert-OH is 1. The van der Waals surface area contributed by atoms with Crippen LogP contribution < -0.4 is 11.5 Å². The minimum absolute atomic E-state index is 0.126. The number of carbonyl (C=O) groups is 2. The van der Waals surface area contributed by atoms with Gasteiger partial charge in [-0.05, 0) is 13.3 Å². The number of hydrogen-bond acceptors (Lipinski definition) is 5. The minimum Gasteiger partial charge on any atom is -0.398 e. The van der Waals surface area contributed by atoms with E-state index in [1.807, 2.05) is 0 Å². The molecule has 0 heterocycles. The van der Waals surface area contributed by atoms with Gasteiger partial charge < -0.3 is 16.6 Å². The molecule has 0 spiro atoms. The van der Waals surface area contributed by atoms with Crippen LogP contribution in [0.1, 0.15) is 34.1 Å². The average molecular weight is 284 g/mol. The second kappa shape index (κ2) is 4.38. The molecule has 0 fully saturated rings. The van der Waals surface area contributed by atoms with Crippen LogP contribution in [0.25, 0.3) is 0 Å². The number of hydrogen-bond donors (Lipinski definition) is 3. The van der Waals surface area contributed by atoms with Gasteiger partial charge in [0.2, 0.25) is 0 Å². The predicted octanol–water partition coefficient (Wildman–Crippen LogP) is 0.687. The van der Waals surface area contributed by atoms with Gasteiger partial charge in [0.25, 0.3) is 0 Å². The van der Waals surface area contributed by atoms with E-state index in [0.717, 1.165) is 0 Å². The van der Waals surface area contributed by atoms with Crippen LogP contribution in [-0.2, 0) is 0 Å². The van der Waals surface area contributed by atoms with Crippen molar-refractivity contribution in [1.82, 2.24) is 0 Å². The molecule has 21 heavy (non-hydrogen) atoms. The van der Waals surface area contributed by atoms with Crippen molar-refractivity contribution in [3.8, 4) is 0 Å². The van der Waals surface area contributed by atoms with E-state index in [1.165, 1.54) is 6.92 Å². The Morgan fingerprint density at radius 1 is 1.19 bits per heavy atom. The zero-order valence-electron chi connectivity index (χ0n) is 11.6. The topological polar surface area (TPSA) is 106 Å². The second-order valence-corrected chi connectivity index (χ2v) is 5.53. The molecular formula is C16H16N2O3. The summed E-state index contributed by atoms with van der Waals surface area (Å²) in [5.41, 5.74) is 12.0. The van der Waals surface area contributed by atoms with E-state index in [9.17, 15) is 14.7 Å². The Kier molecular flexibility index (Phi) is 2.86. The maximum atomic E-state index is 12.8. The Morgan fingerprint density at radius 3 is 2.33 bits per heavy atom. The van der Waals surface area contributed by atoms with Crippen LogP contribution in [-0.4, -0.2) is 28.3 Å². The molecule has 2 aliphatic rings. The van der Waals surface area contributed by atoms with Crippen LogP contribution in [0.3, 0.4) is 0 Å². The van der Waals surface area contributed by atoms with Gasteiger partial charge in [0.15, 0.2) is 11.6 Å². The van der Waals surface area contributed by atoms with Crippen LogP contribution in [0.15, 0.2) is 47.2 Å². The summed E-state index contributed by atoms with van der Waals surface area (Å²) in [4.78, 5) is 25.4. The number of benzene rings is 1. The fraction of sp³-hybridized carbons (Fsp3) is 0.250. The zero-order chi connectivity index (χ0) is 15.4. The first-order chi connectivity index (χ1) is 9.88. The number of ketones is 2. The van der Waals surface area contributed by atoms with Gasteiger partial charge in [0, 0.05) is 22.4 Å². The van der Waals surface area contributed by atoms with Gasteiger partial charge in [-0.3, -0.25) is 9.59 Å². The van der Waals surface area contributed by atoms with E-state index >= 15 is 0 Å². The van der Waals surface area contributed by atoms with Gasteiger partial charge >= 0.3 is 0 Å². The quantitative estimate of drug-likeness (QED) is 0.703. The molecule has 5 N–H and O–H groups in total. The smallest absolute Gasteiger partial charge is 0.196 e. The van der Waals surface area contributed by atoms with E-state index < -0.39 is 11.6 Å². The lowest BCUT2D eigenvalue weighted by atomic mass is 9.68. The highest BCUT2D eigenvalue weighted by Crippen LogP contribution is 2.39. The van der Waals surface area contributed by atoms with Crippen molar-refractivity contribution < 1.29 is 14.7 Å². The monoisotopic (exact) mass is 284 g/mol. The molecule has 0 aliphatic heterocycles. The van der Waals surface area contributed by atoms with Crippen molar-refractivity contribution in [2.75, 3.05) is 0 Å². The molecule has 2 aliphatic carbocycles. The van der Waals surface area contributed by atoms with Crippen LogP contribution in [0.4, 0.5) is 0 Å². The highest BCUT2D eigenvalue weighted by Gasteiger charge is 2.47. The van der Waals surface area contributed by atoms with Gasteiger partial charge in [-0.1, -0.05) is 30.3 Å². The number of carbonyl (C=O) groups excluding carboxylic acids is 2. The molecule has 0 radical (unpaired) electrons. The molecule has 1 aromatic carbocycles. The third-order valence-corrected chi connectivity index (χ3v) is 4.28. The molecule has 1 aromatic rings. The van der Waals surface area contributed by atoms with Crippen molar-refractivity contribution in [2.24, 2.45) is 11.5 Å². The van der Waals surface area contributed by atoms with Crippen LogP contribution in [0.2, 0.25) is 0 Å². The summed E-state index contributed by atoms with van der Waals surface area (Å²) in [6.45, 7) is 1.51. The van der Waals surface area contributed by atoms with Gasteiger partial charge in [-0.2, -0.15) is 0 Å². The summed E-state index contributed by atoms with van der Waals surface area (Å²) in [5.74, 6) is -0.649. The Labute approximate surface area is 121 Å². The van der Waals surface area contributed by atoms with E-state index in [1.54, 1.807) is 30.3 Å². The van der Waals surface area contributed by atoms with Crippen molar-refractivity contribution in [2.45, 2.75) is 25.0 Å². The lowest BCUT2D eigenvalue weighted by Gasteiger charge is -2.39. The molecule has 0 saturated heterocycles. The summed E-state index contributed by atoms with van der Waals surface area (Å²) >= 11 is 0. The SMILES string of the molecule is CC(O)C1(N)CC=C(N)C2=C1C(=O)c1ccccc1C2=O. The summed E-state index contributed by atoms with van der Waals surface area (Å²) in [7, 11) is 0. The Morgan fingerprint density at radius 2 is 1.76 bits per heavy atom. The molecule has 108 valence electrons. The van der Waals surface area contributed by atoms with Crippen LogP contribution in [0, 0.1) is 0 Å². The number of aliphatic hydroxyl groups is 1. The normalized spacial score (nSPS) is 26.1. The van der Waals surface area contributed by atoms with Gasteiger partial charge in [0.05, 0.1) is 17.2 Å². The molecule has 5 heteroatoms. The number of allylic oxidation sites excluding steroid dienone is 1. The van der Waals surface area contributed by atoms with E-state index in [2.05, 4.69) is 0 Å². The lowest BCUT2D eigenvalue weighted by molar-refractivity contribution is 0.0878. The van der Waals surface area contributed by atoms with Gasteiger partial charge in [-0.15, -0.1) is 0 Å². The molecule has 2 atom stereocenters. The molecular weight excluding hydrogens is 268 g/mol. The van der Waals surface area contributed by atoms with Crippen LogP contribution >= 0.6 is 0 Å². The van der Waals surface area contributed by atoms with E-state index in [-0.39, 0.29) is 34.8 Å². The summed E-state index contributed by atoms with van der Waals surface area (Å²) in [6, 6.07) is 6.58. The highest BCUT2D eigenvalue weighted by molar-refractivity contribution is 6.29. The van der Waals surface area contributed by atoms with Crippen molar-refractivity contribution >= 4 is 11.6 Å². The molecule has 2 unspecified atom stereocenters. The van der Waals surface area contributed by atoms with Crippen molar-refractivity contribution in [3.63, 3.8) is 0 Å². The third-order valence-electron chi connectivity index (χ3n) is 4.28. The zero-order valence-corrected chi connectivity index (χ0v) is 11.6. The number of rotatable bonds is 1. The Bertz CT molecular complexity index is 731. The fourth-order valence-electron chi connectivity index (χ4n) is 2.96. The first-order valence-corrected chi connectivity index (χ1v) is 6.74. The van der Waals surface area contributed by atoms with Crippen LogP contribution in [0.5, 0.6) is 0 Å². The van der Waals surface area contributed by atoms with Crippen molar-refractivity contribution in [1.29, 1.82) is 0 Å². The minimum atomic E-state index is -1.29. The number of Topliss-reactive ketones (excluding diaryl/α,β-unsaturated/α-hetero) is 2. The maximum Gasteiger partial charge on any atom is 0.196 e. The first-order valence-electron chi connectivity index (χ1n) is 6.74. The molecule has 5 nitrogen and oxygen atoms in total. The second-order valence-electron chi connectivity index (χ2n) is 5.53. The standard InChI is InChI=1S/C16H16N2O3/c1-8(19)16(18)7-6-11(17)12-13(16)15(21)10-5-3-2-4-9(10)14(12)20/h2-6,8,19H,7,17-18H2,1H3. The highest BCUT2D eigenvalue weighted by atomic mass is 16.3. The molecule has 0 saturated carbocycles. The summed E-state index contributed by atoms with van der Waals surface area (Å²) in [6.07, 6.45) is 0.843.